The van der Waals surface area contributed by atoms with Gasteiger partial charge in [-0.3, -0.25) is 4.79 Å². The van der Waals surface area contributed by atoms with E-state index in [-0.39, 0.29) is 12.5 Å². The van der Waals surface area contributed by atoms with Crippen molar-refractivity contribution in [3.05, 3.63) is 29.8 Å². The van der Waals surface area contributed by atoms with Crippen molar-refractivity contribution in [1.29, 1.82) is 0 Å². The summed E-state index contributed by atoms with van der Waals surface area (Å²) in [6.07, 6.45) is 3.82. The second-order valence-corrected chi connectivity index (χ2v) is 5.45. The minimum atomic E-state index is -0.607. The lowest BCUT2D eigenvalue weighted by Gasteiger charge is -2.22. The Morgan fingerprint density at radius 2 is 1.89 bits per heavy atom. The van der Waals surface area contributed by atoms with E-state index in [2.05, 4.69) is 10.6 Å². The number of hydrogen-bond acceptors (Lipinski definition) is 3. The summed E-state index contributed by atoms with van der Waals surface area (Å²) < 4.78 is 0. The monoisotopic (exact) mass is 262 g/mol. The number of carbonyl (C=O) groups is 1. The largest absolute Gasteiger partial charge is 0.389 e. The van der Waals surface area contributed by atoms with Crippen LogP contribution in [-0.2, 0) is 4.79 Å². The minimum Gasteiger partial charge on any atom is -0.389 e. The van der Waals surface area contributed by atoms with E-state index in [4.69, 9.17) is 0 Å². The molecule has 1 amide bonds. The van der Waals surface area contributed by atoms with Gasteiger partial charge < -0.3 is 15.7 Å². The number of aryl methyl sites for hydroxylation is 1. The van der Waals surface area contributed by atoms with E-state index in [1.807, 2.05) is 31.2 Å². The molecule has 2 rings (SSSR count). The molecule has 1 fully saturated rings. The van der Waals surface area contributed by atoms with Gasteiger partial charge >= 0.3 is 0 Å². The first kappa shape index (κ1) is 14.0. The first-order valence-corrected chi connectivity index (χ1v) is 6.87. The molecule has 0 radical (unpaired) electrons. The van der Waals surface area contributed by atoms with Crippen LogP contribution in [0.2, 0.25) is 0 Å². The highest BCUT2D eigenvalue weighted by atomic mass is 16.3. The predicted octanol–water partition coefficient (Wildman–Crippen LogP) is 1.83. The number of nitrogens with one attached hydrogen (secondary N) is 2. The van der Waals surface area contributed by atoms with Gasteiger partial charge in [0.1, 0.15) is 0 Å². The van der Waals surface area contributed by atoms with E-state index in [0.717, 1.165) is 31.4 Å². The summed E-state index contributed by atoms with van der Waals surface area (Å²) in [5.41, 5.74) is 1.36. The molecule has 0 bridgehead atoms. The zero-order valence-electron chi connectivity index (χ0n) is 11.4. The highest BCUT2D eigenvalue weighted by Gasteiger charge is 2.30. The summed E-state index contributed by atoms with van der Waals surface area (Å²) in [6, 6.07) is 7.70. The number of amides is 1. The Labute approximate surface area is 114 Å². The molecule has 0 heterocycles. The average molecular weight is 262 g/mol. The SMILES string of the molecule is Cc1ccc(NC(=O)CNCC2(O)CCCC2)cc1. The summed E-state index contributed by atoms with van der Waals surface area (Å²) in [7, 11) is 0. The fraction of sp³-hybridized carbons (Fsp3) is 0.533. The van der Waals surface area contributed by atoms with Gasteiger partial charge in [-0.25, -0.2) is 0 Å². The number of carbonyl (C=O) groups excluding carboxylic acids is 1. The lowest BCUT2D eigenvalue weighted by molar-refractivity contribution is -0.115. The molecule has 1 aromatic carbocycles. The van der Waals surface area contributed by atoms with E-state index in [0.29, 0.717) is 6.54 Å². The molecule has 0 aromatic heterocycles. The van der Waals surface area contributed by atoms with E-state index in [1.165, 1.54) is 5.56 Å². The van der Waals surface area contributed by atoms with E-state index < -0.39 is 5.60 Å². The molecule has 3 N–H and O–H groups in total. The number of rotatable bonds is 5. The van der Waals surface area contributed by atoms with Crippen molar-refractivity contribution in [3.8, 4) is 0 Å². The third kappa shape index (κ3) is 4.33. The van der Waals surface area contributed by atoms with Gasteiger partial charge in [-0.2, -0.15) is 0 Å². The molecule has 104 valence electrons. The molecule has 19 heavy (non-hydrogen) atoms. The van der Waals surface area contributed by atoms with Crippen molar-refractivity contribution in [2.24, 2.45) is 0 Å². The molecule has 0 unspecified atom stereocenters. The molecule has 1 aliphatic rings. The van der Waals surface area contributed by atoms with E-state index in [9.17, 15) is 9.90 Å². The van der Waals surface area contributed by atoms with Crippen molar-refractivity contribution in [2.75, 3.05) is 18.4 Å². The van der Waals surface area contributed by atoms with Crippen molar-refractivity contribution in [1.82, 2.24) is 5.32 Å². The lowest BCUT2D eigenvalue weighted by atomic mass is 10.0. The minimum absolute atomic E-state index is 0.0783. The van der Waals surface area contributed by atoms with Gasteiger partial charge in [0.15, 0.2) is 0 Å². The topological polar surface area (TPSA) is 61.4 Å². The molecule has 0 spiro atoms. The molecule has 1 saturated carbocycles. The van der Waals surface area contributed by atoms with Crippen LogP contribution >= 0.6 is 0 Å². The second kappa shape index (κ2) is 6.17. The fourth-order valence-electron chi connectivity index (χ4n) is 2.46. The van der Waals surface area contributed by atoms with E-state index >= 15 is 0 Å². The maximum atomic E-state index is 11.7. The van der Waals surface area contributed by atoms with Crippen LogP contribution in [0.25, 0.3) is 0 Å². The number of aliphatic hydroxyl groups is 1. The van der Waals surface area contributed by atoms with Crippen LogP contribution in [-0.4, -0.2) is 29.7 Å². The maximum Gasteiger partial charge on any atom is 0.238 e. The second-order valence-electron chi connectivity index (χ2n) is 5.45. The van der Waals surface area contributed by atoms with Crippen LogP contribution in [0.5, 0.6) is 0 Å². The highest BCUT2D eigenvalue weighted by Crippen LogP contribution is 2.28. The Morgan fingerprint density at radius 3 is 2.53 bits per heavy atom. The zero-order valence-corrected chi connectivity index (χ0v) is 11.4. The van der Waals surface area contributed by atoms with Crippen molar-refractivity contribution in [3.63, 3.8) is 0 Å². The van der Waals surface area contributed by atoms with Crippen molar-refractivity contribution >= 4 is 11.6 Å². The Balaban J connectivity index is 1.71. The first-order valence-electron chi connectivity index (χ1n) is 6.87. The average Bonchev–Trinajstić information content (AvgIpc) is 2.79. The standard InChI is InChI=1S/C15H22N2O2/c1-12-4-6-13(7-5-12)17-14(18)10-16-11-15(19)8-2-3-9-15/h4-7,16,19H,2-3,8-11H2,1H3,(H,17,18). The Hall–Kier alpha value is -1.39. The molecule has 0 aliphatic heterocycles. The van der Waals surface area contributed by atoms with Crippen LogP contribution in [0.3, 0.4) is 0 Å². The van der Waals surface area contributed by atoms with Gasteiger partial charge in [-0.05, 0) is 31.9 Å². The number of hydrogen-bond donors (Lipinski definition) is 3. The zero-order chi connectivity index (χ0) is 13.7. The van der Waals surface area contributed by atoms with Crippen LogP contribution in [0.4, 0.5) is 5.69 Å². The Kier molecular flexibility index (Phi) is 4.56. The summed E-state index contributed by atoms with van der Waals surface area (Å²) in [4.78, 5) is 11.7. The molecular weight excluding hydrogens is 240 g/mol. The van der Waals surface area contributed by atoms with Gasteiger partial charge in [-0.15, -0.1) is 0 Å². The summed E-state index contributed by atoms with van der Waals surface area (Å²) >= 11 is 0. The van der Waals surface area contributed by atoms with Crippen LogP contribution in [0.1, 0.15) is 31.2 Å². The van der Waals surface area contributed by atoms with Crippen molar-refractivity contribution < 1.29 is 9.90 Å². The van der Waals surface area contributed by atoms with Crippen molar-refractivity contribution in [2.45, 2.75) is 38.2 Å². The van der Waals surface area contributed by atoms with Crippen LogP contribution < -0.4 is 10.6 Å². The van der Waals surface area contributed by atoms with Gasteiger partial charge in [0.05, 0.1) is 12.1 Å². The summed E-state index contributed by atoms with van der Waals surface area (Å²) in [5, 5.41) is 16.0. The third-order valence-electron chi connectivity index (χ3n) is 3.61. The molecule has 0 saturated heterocycles. The Morgan fingerprint density at radius 1 is 1.26 bits per heavy atom. The van der Waals surface area contributed by atoms with E-state index in [1.54, 1.807) is 0 Å². The molecule has 4 heteroatoms. The smallest absolute Gasteiger partial charge is 0.238 e. The van der Waals surface area contributed by atoms with Gasteiger partial charge in [0.2, 0.25) is 5.91 Å². The Bertz CT molecular complexity index is 422. The van der Waals surface area contributed by atoms with Gasteiger partial charge in [0, 0.05) is 12.2 Å². The fourth-order valence-corrected chi connectivity index (χ4v) is 2.46. The molecule has 1 aliphatic carbocycles. The molecule has 1 aromatic rings. The third-order valence-corrected chi connectivity index (χ3v) is 3.61. The van der Waals surface area contributed by atoms with Gasteiger partial charge in [-0.1, -0.05) is 30.5 Å². The lowest BCUT2D eigenvalue weighted by Crippen LogP contribution is -2.41. The summed E-state index contributed by atoms with van der Waals surface area (Å²) in [6.45, 7) is 2.74. The van der Waals surface area contributed by atoms with Crippen LogP contribution in [0.15, 0.2) is 24.3 Å². The first-order chi connectivity index (χ1) is 9.07. The highest BCUT2D eigenvalue weighted by molar-refractivity contribution is 5.92. The summed E-state index contributed by atoms with van der Waals surface area (Å²) in [5.74, 6) is -0.0783. The predicted molar refractivity (Wildman–Crippen MR) is 76.1 cm³/mol. The normalized spacial score (nSPS) is 17.4. The van der Waals surface area contributed by atoms with Crippen LogP contribution in [0, 0.1) is 6.92 Å². The van der Waals surface area contributed by atoms with Gasteiger partial charge in [0.25, 0.3) is 0 Å². The molecular formula is C15H22N2O2. The number of benzene rings is 1. The molecule has 4 nitrogen and oxygen atoms in total. The maximum absolute atomic E-state index is 11.7. The quantitative estimate of drug-likeness (QED) is 0.758. The number of anilines is 1. The molecule has 0 atom stereocenters.